The minimum Gasteiger partial charge on any atom is -0.0714 e. The van der Waals surface area contributed by atoms with Gasteiger partial charge in [-0.2, -0.15) is 0 Å². The summed E-state index contributed by atoms with van der Waals surface area (Å²) in [5.74, 6) is 0. The Kier molecular flexibility index (Phi) is 6.66. The average molecular weight is 553 g/mol. The van der Waals surface area contributed by atoms with E-state index in [-0.39, 0.29) is 10.8 Å². The van der Waals surface area contributed by atoms with Crippen LogP contribution in [0.1, 0.15) is 74.9 Å². The highest BCUT2D eigenvalue weighted by molar-refractivity contribution is 6.92. The maximum absolute atomic E-state index is 2.57. The molecule has 2 aliphatic carbocycles. The summed E-state index contributed by atoms with van der Waals surface area (Å²) < 4.78 is 0. The molecule has 0 saturated heterocycles. The van der Waals surface area contributed by atoms with Crippen molar-refractivity contribution in [1.82, 2.24) is 0 Å². The van der Waals surface area contributed by atoms with Gasteiger partial charge in [0.2, 0.25) is 0 Å². The molecule has 0 nitrogen and oxygen atoms in total. The molecule has 4 aromatic carbocycles. The normalized spacial score (nSPS) is 14.9. The number of rotatable bonds is 4. The zero-order chi connectivity index (χ0) is 29.2. The SMILES string of the molecule is CC(C)(C)c1cccc(-c2cccc3c2C=C([Si](C)(C)C2=Cc4c(cccc4-c4cccc(C(C)(C)C)c4)C2)C3)c1. The molecular formula is C40H44Si. The molecule has 0 unspecified atom stereocenters. The molecule has 0 fully saturated rings. The third-order valence-electron chi connectivity index (χ3n) is 9.48. The smallest absolute Gasteiger partial charge is 0.0714 e. The van der Waals surface area contributed by atoms with Crippen molar-refractivity contribution in [3.63, 3.8) is 0 Å². The van der Waals surface area contributed by atoms with E-state index >= 15 is 0 Å². The Labute approximate surface area is 248 Å². The van der Waals surface area contributed by atoms with Crippen LogP contribution in [0.4, 0.5) is 0 Å². The number of allylic oxidation sites excluding steroid dienone is 2. The van der Waals surface area contributed by atoms with E-state index in [0.29, 0.717) is 0 Å². The van der Waals surface area contributed by atoms with Gasteiger partial charge in [0.05, 0.1) is 0 Å². The topological polar surface area (TPSA) is 0 Å². The number of fused-ring (bicyclic) bond motifs is 2. The van der Waals surface area contributed by atoms with Gasteiger partial charge in [-0.25, -0.2) is 0 Å². The quantitative estimate of drug-likeness (QED) is 0.221. The van der Waals surface area contributed by atoms with E-state index in [9.17, 15) is 0 Å². The highest BCUT2D eigenvalue weighted by Gasteiger charge is 2.36. The molecular weight excluding hydrogens is 509 g/mol. The van der Waals surface area contributed by atoms with Crippen LogP contribution in [0, 0.1) is 0 Å². The lowest BCUT2D eigenvalue weighted by molar-refractivity contribution is 0.590. The van der Waals surface area contributed by atoms with E-state index in [1.807, 2.05) is 0 Å². The lowest BCUT2D eigenvalue weighted by Gasteiger charge is -2.26. The first-order chi connectivity index (χ1) is 19.3. The van der Waals surface area contributed by atoms with Crippen molar-refractivity contribution >= 4 is 20.2 Å². The largest absolute Gasteiger partial charge is 0.103 e. The van der Waals surface area contributed by atoms with Crippen molar-refractivity contribution in [2.24, 2.45) is 0 Å². The van der Waals surface area contributed by atoms with Gasteiger partial charge in [0.1, 0.15) is 8.07 Å². The lowest BCUT2D eigenvalue weighted by atomic mass is 9.85. The molecule has 0 bridgehead atoms. The number of benzene rings is 4. The van der Waals surface area contributed by atoms with Crippen LogP contribution in [-0.4, -0.2) is 8.07 Å². The average Bonchev–Trinajstić information content (AvgIpc) is 3.58. The second-order valence-corrected chi connectivity index (χ2v) is 19.3. The first-order valence-corrected chi connectivity index (χ1v) is 18.2. The van der Waals surface area contributed by atoms with E-state index in [0.717, 1.165) is 12.8 Å². The van der Waals surface area contributed by atoms with E-state index in [1.54, 1.807) is 10.4 Å². The zero-order valence-corrected chi connectivity index (χ0v) is 27.2. The summed E-state index contributed by atoms with van der Waals surface area (Å²) in [4.78, 5) is 0. The van der Waals surface area contributed by atoms with Crippen LogP contribution >= 0.6 is 0 Å². The summed E-state index contributed by atoms with van der Waals surface area (Å²) in [6.07, 6.45) is 7.29. The van der Waals surface area contributed by atoms with E-state index in [1.165, 1.54) is 55.6 Å². The van der Waals surface area contributed by atoms with Gasteiger partial charge in [0.25, 0.3) is 0 Å². The van der Waals surface area contributed by atoms with Gasteiger partial charge in [0, 0.05) is 0 Å². The predicted octanol–water partition coefficient (Wildman–Crippen LogP) is 11.0. The first-order valence-electron chi connectivity index (χ1n) is 15.2. The van der Waals surface area contributed by atoms with E-state index in [4.69, 9.17) is 0 Å². The third kappa shape index (κ3) is 5.10. The van der Waals surface area contributed by atoms with Crippen LogP contribution in [0.2, 0.25) is 13.1 Å². The molecule has 0 spiro atoms. The van der Waals surface area contributed by atoms with E-state index < -0.39 is 8.07 Å². The lowest BCUT2D eigenvalue weighted by Crippen LogP contribution is -2.32. The van der Waals surface area contributed by atoms with Crippen LogP contribution in [0.5, 0.6) is 0 Å². The van der Waals surface area contributed by atoms with Crippen LogP contribution in [0.3, 0.4) is 0 Å². The fourth-order valence-electron chi connectivity index (χ4n) is 6.56. The Balaban J connectivity index is 1.36. The zero-order valence-electron chi connectivity index (χ0n) is 26.2. The van der Waals surface area contributed by atoms with Gasteiger partial charge in [-0.3, -0.25) is 0 Å². The van der Waals surface area contributed by atoms with Crippen molar-refractivity contribution < 1.29 is 0 Å². The standard InChI is InChI=1S/C40H44Si/c1-39(2,3)31-17-9-13-27(21-31)35-19-11-15-29-23-33(25-37(29)35)41(7,8)34-24-30-16-12-20-36(38(30)26-34)28-14-10-18-32(22-28)40(4,5)6/h9-22,25-26H,23-24H2,1-8H3. The molecule has 0 radical (unpaired) electrons. The highest BCUT2D eigenvalue weighted by Crippen LogP contribution is 2.44. The fraction of sp³-hybridized carbons (Fsp3) is 0.300. The van der Waals surface area contributed by atoms with Crippen molar-refractivity contribution in [3.05, 3.63) is 129 Å². The molecule has 0 saturated carbocycles. The highest BCUT2D eigenvalue weighted by atomic mass is 28.3. The number of hydrogen-bond acceptors (Lipinski definition) is 0. The maximum Gasteiger partial charge on any atom is 0.103 e. The Hall–Kier alpha value is -3.42. The van der Waals surface area contributed by atoms with Crippen molar-refractivity contribution in [2.45, 2.75) is 78.3 Å². The Morgan fingerprint density at radius 2 is 0.902 bits per heavy atom. The molecule has 0 heterocycles. The van der Waals surface area contributed by atoms with Gasteiger partial charge in [0.15, 0.2) is 0 Å². The monoisotopic (exact) mass is 552 g/mol. The minimum absolute atomic E-state index is 0.140. The molecule has 0 aromatic heterocycles. The Bertz CT molecular complexity index is 1590. The number of hydrogen-bond donors (Lipinski definition) is 0. The van der Waals surface area contributed by atoms with Crippen molar-refractivity contribution in [3.8, 4) is 22.3 Å². The first kappa shape index (κ1) is 27.7. The molecule has 2 aliphatic rings. The molecule has 208 valence electrons. The van der Waals surface area contributed by atoms with Gasteiger partial charge < -0.3 is 0 Å². The Morgan fingerprint density at radius 3 is 1.29 bits per heavy atom. The molecule has 0 aliphatic heterocycles. The van der Waals surface area contributed by atoms with Crippen LogP contribution in [0.25, 0.3) is 34.4 Å². The summed E-state index contributed by atoms with van der Waals surface area (Å²) in [5.41, 5.74) is 14.3. The summed E-state index contributed by atoms with van der Waals surface area (Å²) in [6.45, 7) is 18.9. The predicted molar refractivity (Wildman–Crippen MR) is 182 cm³/mol. The third-order valence-corrected chi connectivity index (χ3v) is 13.3. The molecule has 1 heteroatoms. The fourth-order valence-corrected chi connectivity index (χ4v) is 9.24. The van der Waals surface area contributed by atoms with Crippen molar-refractivity contribution in [1.29, 1.82) is 0 Å². The van der Waals surface area contributed by atoms with Crippen LogP contribution in [-0.2, 0) is 23.7 Å². The van der Waals surface area contributed by atoms with Gasteiger partial charge in [-0.05, 0) is 79.3 Å². The molecule has 4 aromatic rings. The van der Waals surface area contributed by atoms with Crippen LogP contribution < -0.4 is 0 Å². The second kappa shape index (κ2) is 9.84. The van der Waals surface area contributed by atoms with Crippen molar-refractivity contribution in [2.75, 3.05) is 0 Å². The summed E-state index contributed by atoms with van der Waals surface area (Å²) in [6, 6.07) is 32.2. The van der Waals surface area contributed by atoms with Gasteiger partial charge >= 0.3 is 0 Å². The molecule has 0 amide bonds. The summed E-state index contributed by atoms with van der Waals surface area (Å²) >= 11 is 0. The molecule has 41 heavy (non-hydrogen) atoms. The van der Waals surface area contributed by atoms with Crippen LogP contribution in [0.15, 0.2) is 95.3 Å². The maximum atomic E-state index is 2.57. The second-order valence-electron chi connectivity index (χ2n) is 14.7. The molecule has 6 rings (SSSR count). The minimum atomic E-state index is -1.84. The van der Waals surface area contributed by atoms with Gasteiger partial charge in [-0.15, -0.1) is 0 Å². The van der Waals surface area contributed by atoms with Gasteiger partial charge in [-0.1, -0.05) is 162 Å². The summed E-state index contributed by atoms with van der Waals surface area (Å²) in [5, 5.41) is 3.31. The summed E-state index contributed by atoms with van der Waals surface area (Å²) in [7, 11) is -1.84. The van der Waals surface area contributed by atoms with E-state index in [2.05, 4.69) is 152 Å². The molecule has 0 atom stereocenters. The Morgan fingerprint density at radius 1 is 0.512 bits per heavy atom. The molecule has 0 N–H and O–H groups in total.